The standard InChI is InChI=1S/C20H20Cl2N2O3/c1-27-20(26)18(24-7-6-13-4-2-3-5-14(13)12-24)11-19(25)23-17-9-15(21)8-16(22)10-17/h2-5,8-10,18H,6-7,11-12H2,1H3,(H,23,25)/t18-/m0/s1. The number of methoxy groups -OCH3 is 1. The third-order valence-corrected chi connectivity index (χ3v) is 5.04. The van der Waals surface area contributed by atoms with Crippen LogP contribution in [0.2, 0.25) is 10.0 Å². The normalized spacial score (nSPS) is 14.9. The van der Waals surface area contributed by atoms with E-state index >= 15 is 0 Å². The number of nitrogens with one attached hydrogen (secondary N) is 1. The van der Waals surface area contributed by atoms with Gasteiger partial charge < -0.3 is 10.1 Å². The summed E-state index contributed by atoms with van der Waals surface area (Å²) in [6, 6.07) is 12.3. The van der Waals surface area contributed by atoms with Crippen LogP contribution in [0.3, 0.4) is 0 Å². The van der Waals surface area contributed by atoms with Gasteiger partial charge in [0.2, 0.25) is 5.91 Å². The molecule has 27 heavy (non-hydrogen) atoms. The molecule has 1 atom stereocenters. The molecule has 0 unspecified atom stereocenters. The molecular weight excluding hydrogens is 387 g/mol. The van der Waals surface area contributed by atoms with Crippen molar-refractivity contribution in [2.24, 2.45) is 0 Å². The summed E-state index contributed by atoms with van der Waals surface area (Å²) in [6.07, 6.45) is 0.814. The van der Waals surface area contributed by atoms with E-state index in [0.29, 0.717) is 28.8 Å². The number of carbonyl (C=O) groups is 2. The number of carbonyl (C=O) groups excluding carboxylic acids is 2. The van der Waals surface area contributed by atoms with Gasteiger partial charge in [-0.25, -0.2) is 0 Å². The smallest absolute Gasteiger partial charge is 0.323 e. The summed E-state index contributed by atoms with van der Waals surface area (Å²) in [6.45, 7) is 1.29. The quantitative estimate of drug-likeness (QED) is 0.764. The van der Waals surface area contributed by atoms with Gasteiger partial charge >= 0.3 is 5.97 Å². The van der Waals surface area contributed by atoms with E-state index in [4.69, 9.17) is 27.9 Å². The molecular formula is C20H20Cl2N2O3. The number of ether oxygens (including phenoxy) is 1. The lowest BCUT2D eigenvalue weighted by atomic mass is 9.98. The molecule has 0 bridgehead atoms. The summed E-state index contributed by atoms with van der Waals surface area (Å²) in [5.41, 5.74) is 2.93. The molecule has 1 N–H and O–H groups in total. The van der Waals surface area contributed by atoms with Gasteiger partial charge in [0.1, 0.15) is 6.04 Å². The number of hydrogen-bond donors (Lipinski definition) is 1. The molecule has 1 amide bonds. The maximum absolute atomic E-state index is 12.5. The number of halogens is 2. The first-order chi connectivity index (χ1) is 13.0. The topological polar surface area (TPSA) is 58.6 Å². The van der Waals surface area contributed by atoms with E-state index in [0.717, 1.165) is 6.42 Å². The molecule has 0 saturated heterocycles. The number of amides is 1. The molecule has 0 radical (unpaired) electrons. The Hall–Kier alpha value is -2.08. The Morgan fingerprint density at radius 1 is 1.15 bits per heavy atom. The zero-order valence-corrected chi connectivity index (χ0v) is 16.4. The summed E-state index contributed by atoms with van der Waals surface area (Å²) in [5, 5.41) is 3.60. The SMILES string of the molecule is COC(=O)[C@H](CC(=O)Nc1cc(Cl)cc(Cl)c1)N1CCc2ccccc2C1. The summed E-state index contributed by atoms with van der Waals surface area (Å²) < 4.78 is 4.94. The molecule has 1 heterocycles. The van der Waals surface area contributed by atoms with Crippen LogP contribution in [0.4, 0.5) is 5.69 Å². The van der Waals surface area contributed by atoms with Crippen molar-refractivity contribution in [1.29, 1.82) is 0 Å². The third kappa shape index (κ3) is 5.01. The van der Waals surface area contributed by atoms with Crippen molar-refractivity contribution < 1.29 is 14.3 Å². The Bertz CT molecular complexity index is 837. The Kier molecular flexibility index (Phi) is 6.37. The lowest BCUT2D eigenvalue weighted by Gasteiger charge is -2.33. The van der Waals surface area contributed by atoms with Crippen LogP contribution in [-0.2, 0) is 27.3 Å². The van der Waals surface area contributed by atoms with Crippen LogP contribution in [0.25, 0.3) is 0 Å². The van der Waals surface area contributed by atoms with Gasteiger partial charge in [-0.05, 0) is 35.7 Å². The first kappa shape index (κ1) is 19.7. The molecule has 7 heteroatoms. The summed E-state index contributed by atoms with van der Waals surface area (Å²) in [5.74, 6) is -0.726. The summed E-state index contributed by atoms with van der Waals surface area (Å²) >= 11 is 11.9. The van der Waals surface area contributed by atoms with E-state index in [1.165, 1.54) is 18.2 Å². The van der Waals surface area contributed by atoms with Crippen molar-refractivity contribution in [2.45, 2.75) is 25.4 Å². The van der Waals surface area contributed by atoms with Gasteiger partial charge in [-0.15, -0.1) is 0 Å². The Morgan fingerprint density at radius 2 is 1.81 bits per heavy atom. The molecule has 0 fully saturated rings. The largest absolute Gasteiger partial charge is 0.468 e. The number of anilines is 1. The number of benzene rings is 2. The highest BCUT2D eigenvalue weighted by Gasteiger charge is 2.31. The van der Waals surface area contributed by atoms with Gasteiger partial charge in [0.05, 0.1) is 13.5 Å². The Labute approximate surface area is 168 Å². The van der Waals surface area contributed by atoms with E-state index in [2.05, 4.69) is 11.4 Å². The van der Waals surface area contributed by atoms with Gasteiger partial charge in [-0.2, -0.15) is 0 Å². The van der Waals surface area contributed by atoms with Gasteiger partial charge in [0.25, 0.3) is 0 Å². The number of nitrogens with zero attached hydrogens (tertiary/aromatic N) is 1. The van der Waals surface area contributed by atoms with Crippen molar-refractivity contribution in [2.75, 3.05) is 19.0 Å². The van der Waals surface area contributed by atoms with Gasteiger partial charge in [-0.1, -0.05) is 47.5 Å². The minimum atomic E-state index is -0.655. The number of fused-ring (bicyclic) bond motifs is 1. The second-order valence-electron chi connectivity index (χ2n) is 6.44. The lowest BCUT2D eigenvalue weighted by molar-refractivity contribution is -0.149. The van der Waals surface area contributed by atoms with Crippen LogP contribution in [0.1, 0.15) is 17.5 Å². The van der Waals surface area contributed by atoms with Crippen LogP contribution in [0, 0.1) is 0 Å². The first-order valence-corrected chi connectivity index (χ1v) is 9.36. The fourth-order valence-electron chi connectivity index (χ4n) is 3.29. The van der Waals surface area contributed by atoms with E-state index in [-0.39, 0.29) is 12.3 Å². The first-order valence-electron chi connectivity index (χ1n) is 8.61. The van der Waals surface area contributed by atoms with Crippen molar-refractivity contribution >= 4 is 40.8 Å². The Morgan fingerprint density at radius 3 is 2.48 bits per heavy atom. The zero-order valence-electron chi connectivity index (χ0n) is 14.9. The minimum Gasteiger partial charge on any atom is -0.468 e. The van der Waals surface area contributed by atoms with Crippen LogP contribution in [-0.4, -0.2) is 36.5 Å². The predicted octanol–water partition coefficient (Wildman–Crippen LogP) is 3.92. The molecule has 3 rings (SSSR count). The number of rotatable bonds is 5. The molecule has 5 nitrogen and oxygen atoms in total. The average molecular weight is 407 g/mol. The second kappa shape index (κ2) is 8.74. The van der Waals surface area contributed by atoms with E-state index < -0.39 is 12.0 Å². The average Bonchev–Trinajstić information content (AvgIpc) is 2.64. The monoisotopic (exact) mass is 406 g/mol. The van der Waals surface area contributed by atoms with E-state index in [1.807, 2.05) is 23.1 Å². The zero-order chi connectivity index (χ0) is 19.4. The molecule has 2 aromatic carbocycles. The number of esters is 1. The van der Waals surface area contributed by atoms with E-state index in [1.54, 1.807) is 18.2 Å². The third-order valence-electron chi connectivity index (χ3n) is 4.60. The van der Waals surface area contributed by atoms with Gasteiger partial charge in [0, 0.05) is 28.8 Å². The highest BCUT2D eigenvalue weighted by Crippen LogP contribution is 2.24. The molecule has 0 aliphatic carbocycles. The van der Waals surface area contributed by atoms with Crippen LogP contribution in [0.15, 0.2) is 42.5 Å². The van der Waals surface area contributed by atoms with Crippen molar-refractivity contribution in [3.63, 3.8) is 0 Å². The van der Waals surface area contributed by atoms with Gasteiger partial charge in [-0.3, -0.25) is 14.5 Å². The fraction of sp³-hybridized carbons (Fsp3) is 0.300. The highest BCUT2D eigenvalue weighted by atomic mass is 35.5. The van der Waals surface area contributed by atoms with Gasteiger partial charge in [0.15, 0.2) is 0 Å². The van der Waals surface area contributed by atoms with Crippen molar-refractivity contribution in [1.82, 2.24) is 4.90 Å². The number of hydrogen-bond acceptors (Lipinski definition) is 4. The van der Waals surface area contributed by atoms with Crippen molar-refractivity contribution in [3.05, 3.63) is 63.6 Å². The fourth-order valence-corrected chi connectivity index (χ4v) is 3.82. The molecule has 0 spiro atoms. The van der Waals surface area contributed by atoms with E-state index in [9.17, 15) is 9.59 Å². The summed E-state index contributed by atoms with van der Waals surface area (Å²) in [4.78, 5) is 26.8. The maximum atomic E-state index is 12.5. The predicted molar refractivity (Wildman–Crippen MR) is 106 cm³/mol. The second-order valence-corrected chi connectivity index (χ2v) is 7.31. The maximum Gasteiger partial charge on any atom is 0.323 e. The highest BCUT2D eigenvalue weighted by molar-refractivity contribution is 6.35. The molecule has 2 aromatic rings. The molecule has 142 valence electrons. The van der Waals surface area contributed by atoms with Crippen LogP contribution >= 0.6 is 23.2 Å². The lowest BCUT2D eigenvalue weighted by Crippen LogP contribution is -2.46. The molecule has 0 aromatic heterocycles. The molecule has 1 aliphatic heterocycles. The molecule has 1 aliphatic rings. The molecule has 0 saturated carbocycles. The minimum absolute atomic E-state index is 0.0149. The van der Waals surface area contributed by atoms with Crippen LogP contribution in [0.5, 0.6) is 0 Å². The summed E-state index contributed by atoms with van der Waals surface area (Å²) in [7, 11) is 1.34. The van der Waals surface area contributed by atoms with Crippen LogP contribution < -0.4 is 5.32 Å². The van der Waals surface area contributed by atoms with Crippen molar-refractivity contribution in [3.8, 4) is 0 Å². The Balaban J connectivity index is 1.72.